The van der Waals surface area contributed by atoms with Gasteiger partial charge in [0, 0.05) is 21.8 Å². The maximum absolute atomic E-state index is 12.4. The summed E-state index contributed by atoms with van der Waals surface area (Å²) in [7, 11) is -3.76. The Morgan fingerprint density at radius 2 is 1.71 bits per heavy atom. The first-order chi connectivity index (χ1) is 14.9. The third-order valence-corrected chi connectivity index (χ3v) is 5.76. The standard InChI is InChI=1S/C22H20ClN3O4S/c1-2-30-21-6-4-3-5-17(21)15-24-25-22(27)16-7-11-19(12-8-16)26-31(28,29)20-13-9-18(23)10-14-20/h3-15,26H,2H2,1H3,(H,25,27)/b24-15-. The number of para-hydroxylation sites is 1. The lowest BCUT2D eigenvalue weighted by Crippen LogP contribution is -2.18. The van der Waals surface area contributed by atoms with E-state index in [1.807, 2.05) is 31.2 Å². The van der Waals surface area contributed by atoms with Gasteiger partial charge in [0.2, 0.25) is 0 Å². The summed E-state index contributed by atoms with van der Waals surface area (Å²) in [4.78, 5) is 12.4. The summed E-state index contributed by atoms with van der Waals surface area (Å²) in [6.45, 7) is 2.40. The van der Waals surface area contributed by atoms with Crippen LogP contribution in [0.15, 0.2) is 82.8 Å². The molecule has 0 aliphatic heterocycles. The SMILES string of the molecule is CCOc1ccccc1/C=N\NC(=O)c1ccc(NS(=O)(=O)c2ccc(Cl)cc2)cc1. The van der Waals surface area contributed by atoms with Crippen molar-refractivity contribution in [2.45, 2.75) is 11.8 Å². The Balaban J connectivity index is 1.63. The number of amides is 1. The van der Waals surface area contributed by atoms with Gasteiger partial charge in [-0.15, -0.1) is 0 Å². The minimum Gasteiger partial charge on any atom is -0.493 e. The number of hydrogen-bond acceptors (Lipinski definition) is 5. The molecule has 160 valence electrons. The molecule has 0 bridgehead atoms. The van der Waals surface area contributed by atoms with Gasteiger partial charge in [-0.2, -0.15) is 5.10 Å². The Morgan fingerprint density at radius 3 is 2.39 bits per heavy atom. The van der Waals surface area contributed by atoms with Crippen LogP contribution >= 0.6 is 11.6 Å². The fourth-order valence-corrected chi connectivity index (χ4v) is 3.80. The van der Waals surface area contributed by atoms with Crippen LogP contribution in [0, 0.1) is 0 Å². The van der Waals surface area contributed by atoms with E-state index in [1.165, 1.54) is 54.7 Å². The van der Waals surface area contributed by atoms with Gasteiger partial charge in [0.05, 0.1) is 17.7 Å². The van der Waals surface area contributed by atoms with Gasteiger partial charge in [0.25, 0.3) is 15.9 Å². The van der Waals surface area contributed by atoms with Crippen LogP contribution in [0.25, 0.3) is 0 Å². The van der Waals surface area contributed by atoms with Gasteiger partial charge in [-0.3, -0.25) is 9.52 Å². The number of carbonyl (C=O) groups is 1. The second-order valence-corrected chi connectivity index (χ2v) is 8.43. The molecule has 7 nitrogen and oxygen atoms in total. The van der Waals surface area contributed by atoms with Crippen LogP contribution in [-0.4, -0.2) is 27.1 Å². The van der Waals surface area contributed by atoms with Gasteiger partial charge in [-0.05, 0) is 67.6 Å². The molecule has 0 heterocycles. The van der Waals surface area contributed by atoms with Crippen molar-refractivity contribution >= 4 is 39.4 Å². The zero-order chi connectivity index (χ0) is 22.3. The van der Waals surface area contributed by atoms with Crippen molar-refractivity contribution < 1.29 is 17.9 Å². The van der Waals surface area contributed by atoms with Crippen LogP contribution in [-0.2, 0) is 10.0 Å². The highest BCUT2D eigenvalue weighted by atomic mass is 35.5. The summed E-state index contributed by atoms with van der Waals surface area (Å²) in [5.41, 5.74) is 3.82. The summed E-state index contributed by atoms with van der Waals surface area (Å²) in [5.74, 6) is 0.234. The van der Waals surface area contributed by atoms with Crippen molar-refractivity contribution in [3.63, 3.8) is 0 Å². The molecule has 0 saturated heterocycles. The van der Waals surface area contributed by atoms with Gasteiger partial charge in [-0.25, -0.2) is 13.8 Å². The smallest absolute Gasteiger partial charge is 0.271 e. The van der Waals surface area contributed by atoms with E-state index in [-0.39, 0.29) is 4.90 Å². The zero-order valence-electron chi connectivity index (χ0n) is 16.6. The van der Waals surface area contributed by atoms with E-state index in [4.69, 9.17) is 16.3 Å². The number of ether oxygens (including phenoxy) is 1. The third-order valence-electron chi connectivity index (χ3n) is 4.11. The fourth-order valence-electron chi connectivity index (χ4n) is 2.62. The molecule has 0 aliphatic rings. The molecular weight excluding hydrogens is 438 g/mol. The lowest BCUT2D eigenvalue weighted by Gasteiger charge is -2.09. The van der Waals surface area contributed by atoms with E-state index < -0.39 is 15.9 Å². The average Bonchev–Trinajstić information content (AvgIpc) is 2.75. The molecule has 3 rings (SSSR count). The van der Waals surface area contributed by atoms with Crippen molar-refractivity contribution in [2.75, 3.05) is 11.3 Å². The molecule has 0 saturated carbocycles. The van der Waals surface area contributed by atoms with Crippen molar-refractivity contribution in [1.29, 1.82) is 0 Å². The van der Waals surface area contributed by atoms with Crippen LogP contribution in [0.5, 0.6) is 5.75 Å². The molecule has 2 N–H and O–H groups in total. The molecule has 0 atom stereocenters. The van der Waals surface area contributed by atoms with Crippen LogP contribution in [0.2, 0.25) is 5.02 Å². The normalized spacial score (nSPS) is 11.3. The lowest BCUT2D eigenvalue weighted by molar-refractivity contribution is 0.0955. The van der Waals surface area contributed by atoms with Crippen molar-refractivity contribution in [1.82, 2.24) is 5.43 Å². The van der Waals surface area contributed by atoms with Crippen LogP contribution in [0.1, 0.15) is 22.8 Å². The largest absolute Gasteiger partial charge is 0.493 e. The van der Waals surface area contributed by atoms with E-state index in [0.29, 0.717) is 28.6 Å². The van der Waals surface area contributed by atoms with Gasteiger partial charge in [0.1, 0.15) is 5.75 Å². The van der Waals surface area contributed by atoms with Crippen LogP contribution in [0.4, 0.5) is 5.69 Å². The number of hydrazone groups is 1. The number of benzene rings is 3. The molecule has 0 aromatic heterocycles. The Labute approximate surface area is 185 Å². The average molecular weight is 458 g/mol. The Hall–Kier alpha value is -3.36. The molecule has 3 aromatic rings. The van der Waals surface area contributed by atoms with Gasteiger partial charge in [-0.1, -0.05) is 23.7 Å². The molecule has 0 fully saturated rings. The summed E-state index contributed by atoms with van der Waals surface area (Å²) >= 11 is 5.79. The molecule has 0 radical (unpaired) electrons. The monoisotopic (exact) mass is 457 g/mol. The predicted molar refractivity (Wildman–Crippen MR) is 121 cm³/mol. The Morgan fingerprint density at radius 1 is 1.03 bits per heavy atom. The molecular formula is C22H20ClN3O4S. The molecule has 9 heteroatoms. The van der Waals surface area contributed by atoms with E-state index in [2.05, 4.69) is 15.2 Å². The summed E-state index contributed by atoms with van der Waals surface area (Å²) in [5, 5.41) is 4.41. The van der Waals surface area contributed by atoms with E-state index in [9.17, 15) is 13.2 Å². The number of halogens is 1. The molecule has 3 aromatic carbocycles. The van der Waals surface area contributed by atoms with Crippen molar-refractivity contribution in [3.05, 3.63) is 88.9 Å². The fraction of sp³-hybridized carbons (Fsp3) is 0.0909. The molecule has 0 unspecified atom stereocenters. The summed E-state index contributed by atoms with van der Waals surface area (Å²) in [6.07, 6.45) is 1.50. The second-order valence-electron chi connectivity index (χ2n) is 6.31. The second kappa shape index (κ2) is 10.1. The quantitative estimate of drug-likeness (QED) is 0.389. The van der Waals surface area contributed by atoms with Gasteiger partial charge < -0.3 is 4.74 Å². The molecule has 0 spiro atoms. The number of carbonyl (C=O) groups excluding carboxylic acids is 1. The first-order valence-electron chi connectivity index (χ1n) is 9.33. The number of sulfonamides is 1. The van der Waals surface area contributed by atoms with Gasteiger partial charge in [0.15, 0.2) is 0 Å². The minimum absolute atomic E-state index is 0.0837. The molecule has 31 heavy (non-hydrogen) atoms. The van der Waals surface area contributed by atoms with E-state index in [0.717, 1.165) is 5.56 Å². The minimum atomic E-state index is -3.76. The third kappa shape index (κ3) is 6.07. The maximum Gasteiger partial charge on any atom is 0.271 e. The number of anilines is 1. The molecule has 0 aliphatic carbocycles. The number of rotatable bonds is 8. The predicted octanol–water partition coefficient (Wildman–Crippen LogP) is 4.30. The highest BCUT2D eigenvalue weighted by molar-refractivity contribution is 7.92. The van der Waals surface area contributed by atoms with E-state index in [1.54, 1.807) is 0 Å². The first kappa shape index (κ1) is 22.3. The van der Waals surface area contributed by atoms with Gasteiger partial charge >= 0.3 is 0 Å². The number of nitrogens with zero attached hydrogens (tertiary/aromatic N) is 1. The van der Waals surface area contributed by atoms with E-state index >= 15 is 0 Å². The first-order valence-corrected chi connectivity index (χ1v) is 11.2. The van der Waals surface area contributed by atoms with Crippen LogP contribution < -0.4 is 14.9 Å². The Bertz CT molecular complexity index is 1180. The van der Waals surface area contributed by atoms with Crippen molar-refractivity contribution in [3.8, 4) is 5.75 Å². The van der Waals surface area contributed by atoms with Crippen LogP contribution in [0.3, 0.4) is 0 Å². The Kier molecular flexibility index (Phi) is 7.28. The topological polar surface area (TPSA) is 96.9 Å². The zero-order valence-corrected chi connectivity index (χ0v) is 18.2. The summed E-state index contributed by atoms with van der Waals surface area (Å²) < 4.78 is 32.8. The maximum atomic E-state index is 12.4. The molecule has 1 amide bonds. The highest BCUT2D eigenvalue weighted by Crippen LogP contribution is 2.19. The highest BCUT2D eigenvalue weighted by Gasteiger charge is 2.14. The van der Waals surface area contributed by atoms with Crippen molar-refractivity contribution in [2.24, 2.45) is 5.10 Å². The lowest BCUT2D eigenvalue weighted by atomic mass is 10.2. The number of nitrogens with one attached hydrogen (secondary N) is 2. The number of hydrogen-bond donors (Lipinski definition) is 2. The summed E-state index contributed by atoms with van der Waals surface area (Å²) in [6, 6.07) is 19.1.